The molecule has 2 aromatic heterocycles. The van der Waals surface area contributed by atoms with Gasteiger partial charge in [-0.25, -0.2) is 4.98 Å². The van der Waals surface area contributed by atoms with Crippen LogP contribution in [0.25, 0.3) is 0 Å². The summed E-state index contributed by atoms with van der Waals surface area (Å²) in [5, 5.41) is 8.07. The van der Waals surface area contributed by atoms with Crippen molar-refractivity contribution in [2.45, 2.75) is 6.54 Å². The highest BCUT2D eigenvalue weighted by Gasteiger charge is 2.12. The molecule has 0 atom stereocenters. The highest BCUT2D eigenvalue weighted by molar-refractivity contribution is 7.09. The van der Waals surface area contributed by atoms with Gasteiger partial charge in [-0.1, -0.05) is 6.07 Å². The molecule has 0 aliphatic carbocycles. The fraction of sp³-hybridized carbons (Fsp3) is 0.158. The lowest BCUT2D eigenvalue weighted by molar-refractivity contribution is 0.0951. The summed E-state index contributed by atoms with van der Waals surface area (Å²) in [6.07, 6.45) is 1.56. The van der Waals surface area contributed by atoms with Gasteiger partial charge < -0.3 is 20.1 Å². The number of anilines is 2. The molecule has 132 valence electrons. The van der Waals surface area contributed by atoms with E-state index < -0.39 is 0 Å². The highest BCUT2D eigenvalue weighted by atomic mass is 32.1. The van der Waals surface area contributed by atoms with Crippen molar-refractivity contribution >= 4 is 28.7 Å². The summed E-state index contributed by atoms with van der Waals surface area (Å²) >= 11 is 1.61. The number of aromatic nitrogens is 1. The highest BCUT2D eigenvalue weighted by Crippen LogP contribution is 2.33. The maximum absolute atomic E-state index is 12.2. The number of carbonyl (C=O) groups is 1. The van der Waals surface area contributed by atoms with Gasteiger partial charge in [0, 0.05) is 22.8 Å². The fourth-order valence-corrected chi connectivity index (χ4v) is 3.20. The molecule has 1 aliphatic heterocycles. The van der Waals surface area contributed by atoms with Crippen molar-refractivity contribution in [1.82, 2.24) is 10.3 Å². The molecule has 0 fully saturated rings. The molecule has 0 saturated carbocycles. The van der Waals surface area contributed by atoms with Crippen LogP contribution >= 0.6 is 11.3 Å². The normalized spacial score (nSPS) is 12.5. The van der Waals surface area contributed by atoms with Crippen molar-refractivity contribution in [1.29, 1.82) is 0 Å². The Labute approximate surface area is 154 Å². The summed E-state index contributed by atoms with van der Waals surface area (Å²) in [5.74, 6) is 1.96. The molecule has 6 nitrogen and oxygen atoms in total. The minimum absolute atomic E-state index is 0.142. The van der Waals surface area contributed by atoms with Crippen molar-refractivity contribution in [3.05, 3.63) is 64.5 Å². The average Bonchev–Trinajstić information content (AvgIpc) is 3.20. The number of rotatable bonds is 5. The van der Waals surface area contributed by atoms with Crippen LogP contribution in [0.2, 0.25) is 0 Å². The molecule has 1 aromatic carbocycles. The predicted octanol–water partition coefficient (Wildman–Crippen LogP) is 3.59. The number of thiophene rings is 1. The Kier molecular flexibility index (Phi) is 4.70. The van der Waals surface area contributed by atoms with E-state index >= 15 is 0 Å². The van der Waals surface area contributed by atoms with E-state index in [1.54, 1.807) is 29.7 Å². The second-order valence-corrected chi connectivity index (χ2v) is 6.71. The summed E-state index contributed by atoms with van der Waals surface area (Å²) in [5.41, 5.74) is 1.37. The van der Waals surface area contributed by atoms with E-state index in [2.05, 4.69) is 15.6 Å². The van der Waals surface area contributed by atoms with Crippen LogP contribution in [0.5, 0.6) is 11.5 Å². The van der Waals surface area contributed by atoms with E-state index in [4.69, 9.17) is 9.47 Å². The summed E-state index contributed by atoms with van der Waals surface area (Å²) in [7, 11) is 0. The molecule has 3 aromatic rings. The monoisotopic (exact) mass is 367 g/mol. The van der Waals surface area contributed by atoms with E-state index in [0.717, 1.165) is 16.3 Å². The van der Waals surface area contributed by atoms with Crippen LogP contribution in [0.3, 0.4) is 0 Å². The first-order valence-electron chi connectivity index (χ1n) is 8.21. The number of carbonyl (C=O) groups excluding carboxylic acids is 1. The van der Waals surface area contributed by atoms with Crippen LogP contribution in [0.1, 0.15) is 15.2 Å². The molecule has 0 radical (unpaired) electrons. The molecule has 0 unspecified atom stereocenters. The molecule has 2 N–H and O–H groups in total. The topological polar surface area (TPSA) is 72.5 Å². The van der Waals surface area contributed by atoms with Gasteiger partial charge in [0.2, 0.25) is 0 Å². The second-order valence-electron chi connectivity index (χ2n) is 5.68. The number of pyridine rings is 1. The van der Waals surface area contributed by atoms with Gasteiger partial charge >= 0.3 is 0 Å². The smallest absolute Gasteiger partial charge is 0.253 e. The zero-order valence-electron chi connectivity index (χ0n) is 13.9. The number of nitrogens with one attached hydrogen (secondary N) is 2. The number of nitrogens with zero attached hydrogens (tertiary/aromatic N) is 1. The van der Waals surface area contributed by atoms with E-state index in [0.29, 0.717) is 36.9 Å². The van der Waals surface area contributed by atoms with Gasteiger partial charge in [0.15, 0.2) is 11.5 Å². The first-order chi connectivity index (χ1) is 12.8. The van der Waals surface area contributed by atoms with E-state index in [1.165, 1.54) is 0 Å². The third-order valence-electron chi connectivity index (χ3n) is 3.84. The number of ether oxygens (including phenoxy) is 2. The van der Waals surface area contributed by atoms with Gasteiger partial charge in [-0.05, 0) is 35.7 Å². The van der Waals surface area contributed by atoms with Crippen LogP contribution in [-0.4, -0.2) is 24.1 Å². The third kappa shape index (κ3) is 3.78. The Morgan fingerprint density at radius 2 is 2.00 bits per heavy atom. The lowest BCUT2D eigenvalue weighted by Gasteiger charge is -2.19. The maximum Gasteiger partial charge on any atom is 0.253 e. The lowest BCUT2D eigenvalue weighted by atomic mass is 10.2. The summed E-state index contributed by atoms with van der Waals surface area (Å²) in [6, 6.07) is 13.1. The average molecular weight is 367 g/mol. The standard InChI is InChI=1S/C19H17N3O3S/c23-19(21-12-15-2-1-9-26-15)13-3-6-18(20-11-13)22-14-4-5-16-17(10-14)25-8-7-24-16/h1-6,9-11H,7-8,12H2,(H,20,22)(H,21,23). The van der Waals surface area contributed by atoms with Crippen molar-refractivity contribution < 1.29 is 14.3 Å². The molecule has 0 saturated heterocycles. The zero-order valence-corrected chi connectivity index (χ0v) is 14.7. The number of hydrogen-bond acceptors (Lipinski definition) is 6. The van der Waals surface area contributed by atoms with E-state index in [9.17, 15) is 4.79 Å². The fourth-order valence-electron chi connectivity index (χ4n) is 2.55. The Bertz CT molecular complexity index is 895. The van der Waals surface area contributed by atoms with Crippen molar-refractivity contribution in [3.8, 4) is 11.5 Å². The lowest BCUT2D eigenvalue weighted by Crippen LogP contribution is -2.22. The van der Waals surface area contributed by atoms with Crippen LogP contribution < -0.4 is 20.1 Å². The third-order valence-corrected chi connectivity index (χ3v) is 4.72. The van der Waals surface area contributed by atoms with Crippen molar-refractivity contribution in [3.63, 3.8) is 0 Å². The first kappa shape index (κ1) is 16.4. The van der Waals surface area contributed by atoms with Crippen LogP contribution in [-0.2, 0) is 6.54 Å². The molecular formula is C19H17N3O3S. The van der Waals surface area contributed by atoms with Gasteiger partial charge in [0.25, 0.3) is 5.91 Å². The predicted molar refractivity (Wildman–Crippen MR) is 100 cm³/mol. The number of benzene rings is 1. The molecule has 26 heavy (non-hydrogen) atoms. The zero-order chi connectivity index (χ0) is 17.8. The second kappa shape index (κ2) is 7.45. The minimum atomic E-state index is -0.142. The van der Waals surface area contributed by atoms with Crippen LogP contribution in [0.4, 0.5) is 11.5 Å². The molecule has 1 amide bonds. The van der Waals surface area contributed by atoms with E-state index in [1.807, 2.05) is 35.7 Å². The van der Waals surface area contributed by atoms with Gasteiger partial charge in [0.1, 0.15) is 19.0 Å². The minimum Gasteiger partial charge on any atom is -0.486 e. The quantitative estimate of drug-likeness (QED) is 0.721. The Morgan fingerprint density at radius 3 is 2.77 bits per heavy atom. The summed E-state index contributed by atoms with van der Waals surface area (Å²) in [6.45, 7) is 1.63. The summed E-state index contributed by atoms with van der Waals surface area (Å²) < 4.78 is 11.1. The molecule has 3 heterocycles. The molecule has 7 heteroatoms. The SMILES string of the molecule is O=C(NCc1cccs1)c1ccc(Nc2ccc3c(c2)OCCO3)nc1. The summed E-state index contributed by atoms with van der Waals surface area (Å²) in [4.78, 5) is 17.6. The number of amides is 1. The number of hydrogen-bond donors (Lipinski definition) is 2. The van der Waals surface area contributed by atoms with E-state index in [-0.39, 0.29) is 5.91 Å². The molecule has 4 rings (SSSR count). The van der Waals surface area contributed by atoms with Crippen LogP contribution in [0, 0.1) is 0 Å². The molecule has 0 bridgehead atoms. The number of fused-ring (bicyclic) bond motifs is 1. The molecule has 1 aliphatic rings. The van der Waals surface area contributed by atoms with Crippen molar-refractivity contribution in [2.24, 2.45) is 0 Å². The van der Waals surface area contributed by atoms with Gasteiger partial charge in [-0.2, -0.15) is 0 Å². The Morgan fingerprint density at radius 1 is 1.12 bits per heavy atom. The largest absolute Gasteiger partial charge is 0.486 e. The maximum atomic E-state index is 12.2. The Balaban J connectivity index is 1.39. The van der Waals surface area contributed by atoms with Gasteiger partial charge in [-0.3, -0.25) is 4.79 Å². The molecular weight excluding hydrogens is 350 g/mol. The van der Waals surface area contributed by atoms with Gasteiger partial charge in [0.05, 0.1) is 12.1 Å². The Hall–Kier alpha value is -3.06. The van der Waals surface area contributed by atoms with Crippen LogP contribution in [0.15, 0.2) is 54.0 Å². The molecule has 0 spiro atoms. The van der Waals surface area contributed by atoms with Crippen molar-refractivity contribution in [2.75, 3.05) is 18.5 Å². The van der Waals surface area contributed by atoms with Gasteiger partial charge in [-0.15, -0.1) is 11.3 Å². The first-order valence-corrected chi connectivity index (χ1v) is 9.09.